The Labute approximate surface area is 334 Å². The number of thioether (sulfide) groups is 1. The zero-order valence-electron chi connectivity index (χ0n) is 30.3. The van der Waals surface area contributed by atoms with E-state index in [1.165, 1.54) is 42.6 Å². The molecule has 2 amide bonds. The third kappa shape index (κ3) is 13.5. The number of ether oxygens (including phenoxy) is 1. The van der Waals surface area contributed by atoms with Crippen molar-refractivity contribution >= 4 is 51.9 Å². The number of nitrogens with zero attached hydrogens (tertiary/aromatic N) is 2. The summed E-state index contributed by atoms with van der Waals surface area (Å²) < 4.78 is 91.3. The Balaban J connectivity index is 0.000000530. The number of carbonyl (C=O) groups excluding carboxylic acids is 3. The third-order valence-corrected chi connectivity index (χ3v) is 9.71. The number of benzene rings is 3. The number of aromatic nitrogens is 2. The van der Waals surface area contributed by atoms with E-state index in [4.69, 9.17) is 15.1 Å². The van der Waals surface area contributed by atoms with Gasteiger partial charge in [0.2, 0.25) is 5.91 Å². The van der Waals surface area contributed by atoms with Crippen LogP contribution in [0.15, 0.2) is 107 Å². The Morgan fingerprint density at radius 2 is 1.59 bits per heavy atom. The minimum atomic E-state index is -4.28. The number of halogens is 4. The van der Waals surface area contributed by atoms with Gasteiger partial charge in [-0.15, -0.1) is 11.8 Å². The van der Waals surface area contributed by atoms with Gasteiger partial charge in [0.1, 0.15) is 22.2 Å². The van der Waals surface area contributed by atoms with Gasteiger partial charge in [-0.3, -0.25) is 18.9 Å². The first-order valence-corrected chi connectivity index (χ1v) is 19.5. The number of nitrogen functional groups attached to an aromatic ring is 1. The highest BCUT2D eigenvalue weighted by atomic mass is 32.2. The van der Waals surface area contributed by atoms with Crippen LogP contribution in [0, 0.1) is 23.3 Å². The number of carbonyl (C=O) groups is 3. The second-order valence-electron chi connectivity index (χ2n) is 11.8. The standard InChI is InChI=1S/C32H30F4N6O3S.C7H6O4S/c33-23-17-24(34)30(36)31(29(23)35)46-19-22-8-10-26(45-16-13-20-5-2-1-3-6-20)25(41-22)9-12-28(43)38-14-4-15-39-32(44)21-7-11-27(42-37)40-18-21;8-5-6-3-1-2-4-7(6)12(9,10)11/h1-3,5-12,17-18H,4,13-16,19,37H2,(H,38,43)(H,39,44)(H,40,42);1-5H,(H,9,10,11). The first-order valence-electron chi connectivity index (χ1n) is 17.1. The SMILES string of the molecule is NNc1ccc(C(=O)NCCCNC(=O)C=Cc2nc(CSc3c(F)c(F)cc(F)c3F)ccc2OCCc2ccccc2)cn1.O=Cc1ccccc1S(=O)(=O)O. The topological polar surface area (TPSA) is 203 Å². The smallest absolute Gasteiger partial charge is 0.295 e. The van der Waals surface area contributed by atoms with E-state index < -0.39 is 44.2 Å². The second kappa shape index (κ2) is 22.0. The van der Waals surface area contributed by atoms with Crippen molar-refractivity contribution in [2.45, 2.75) is 28.4 Å². The van der Waals surface area contributed by atoms with Crippen LogP contribution in [0.25, 0.3) is 6.08 Å². The van der Waals surface area contributed by atoms with Gasteiger partial charge in [0.25, 0.3) is 16.0 Å². The molecule has 5 aromatic rings. The lowest BCUT2D eigenvalue weighted by atomic mass is 10.2. The van der Waals surface area contributed by atoms with Crippen LogP contribution in [0.4, 0.5) is 23.4 Å². The summed E-state index contributed by atoms with van der Waals surface area (Å²) in [4.78, 5) is 42.3. The molecule has 0 bridgehead atoms. The molecular formula is C39H36F4N6O7S2. The fourth-order valence-corrected chi connectivity index (χ4v) is 6.38. The molecule has 3 aromatic carbocycles. The third-order valence-electron chi connectivity index (χ3n) is 7.70. The molecule has 5 rings (SSSR count). The molecule has 0 fully saturated rings. The number of hydrogen-bond donors (Lipinski definition) is 5. The Kier molecular flexibility index (Phi) is 16.9. The van der Waals surface area contributed by atoms with E-state index >= 15 is 0 Å². The predicted molar refractivity (Wildman–Crippen MR) is 208 cm³/mol. The van der Waals surface area contributed by atoms with Crippen LogP contribution >= 0.6 is 11.8 Å². The highest BCUT2D eigenvalue weighted by Gasteiger charge is 2.20. The summed E-state index contributed by atoms with van der Waals surface area (Å²) in [6.07, 6.45) is 5.50. The Hall–Kier alpha value is -6.15. The second-order valence-corrected chi connectivity index (χ2v) is 14.2. The van der Waals surface area contributed by atoms with Crippen LogP contribution in [0.5, 0.6) is 5.75 Å². The van der Waals surface area contributed by atoms with Gasteiger partial charge in [0.05, 0.1) is 22.8 Å². The lowest BCUT2D eigenvalue weighted by molar-refractivity contribution is -0.116. The van der Waals surface area contributed by atoms with Gasteiger partial charge < -0.3 is 20.8 Å². The van der Waals surface area contributed by atoms with Crippen LogP contribution in [-0.2, 0) is 27.1 Å². The van der Waals surface area contributed by atoms with Crippen molar-refractivity contribution in [1.82, 2.24) is 20.6 Å². The molecule has 6 N–H and O–H groups in total. The van der Waals surface area contributed by atoms with Crippen LogP contribution in [0.3, 0.4) is 0 Å². The first kappa shape index (κ1) is 44.6. The van der Waals surface area contributed by atoms with Crippen molar-refractivity contribution in [2.24, 2.45) is 5.84 Å². The van der Waals surface area contributed by atoms with E-state index in [9.17, 15) is 40.4 Å². The molecule has 304 valence electrons. The molecule has 58 heavy (non-hydrogen) atoms. The van der Waals surface area contributed by atoms with Gasteiger partial charge >= 0.3 is 0 Å². The van der Waals surface area contributed by atoms with E-state index in [-0.39, 0.29) is 40.4 Å². The first-order chi connectivity index (χ1) is 27.8. The number of hydrogen-bond acceptors (Lipinski definition) is 11. The minimum absolute atomic E-state index is 0.0417. The molecule has 0 saturated heterocycles. The van der Waals surface area contributed by atoms with Crippen molar-refractivity contribution in [3.8, 4) is 5.75 Å². The summed E-state index contributed by atoms with van der Waals surface area (Å²) in [5, 5.41) is 5.44. The van der Waals surface area contributed by atoms with Gasteiger partial charge in [0.15, 0.2) is 29.6 Å². The van der Waals surface area contributed by atoms with Crippen molar-refractivity contribution in [2.75, 3.05) is 25.1 Å². The molecule has 0 aliphatic carbocycles. The zero-order valence-corrected chi connectivity index (χ0v) is 32.0. The summed E-state index contributed by atoms with van der Waals surface area (Å²) in [7, 11) is -4.28. The summed E-state index contributed by atoms with van der Waals surface area (Å²) in [5.41, 5.74) is 4.34. The Morgan fingerprint density at radius 3 is 2.22 bits per heavy atom. The average Bonchev–Trinajstić information content (AvgIpc) is 3.22. The molecular weight excluding hydrogens is 805 g/mol. The maximum atomic E-state index is 14.1. The molecule has 0 atom stereocenters. The Bertz CT molecular complexity index is 2310. The van der Waals surface area contributed by atoms with Gasteiger partial charge in [0, 0.05) is 49.2 Å². The average molecular weight is 841 g/mol. The molecule has 0 saturated carbocycles. The molecule has 13 nitrogen and oxygen atoms in total. The summed E-state index contributed by atoms with van der Waals surface area (Å²) in [5.74, 6) is -0.808. The largest absolute Gasteiger partial charge is 0.491 e. The predicted octanol–water partition coefficient (Wildman–Crippen LogP) is 5.93. The number of anilines is 1. The maximum absolute atomic E-state index is 14.1. The van der Waals surface area contributed by atoms with E-state index in [1.54, 1.807) is 24.3 Å². The number of rotatable bonds is 17. The number of nitrogens with one attached hydrogen (secondary N) is 3. The number of aldehydes is 1. The fraction of sp³-hybridized carbons (Fsp3) is 0.154. The van der Waals surface area contributed by atoms with Gasteiger partial charge in [-0.05, 0) is 48.4 Å². The monoisotopic (exact) mass is 840 g/mol. The molecule has 0 unspecified atom stereocenters. The number of hydrazine groups is 1. The van der Waals surface area contributed by atoms with E-state index in [0.717, 1.165) is 5.56 Å². The van der Waals surface area contributed by atoms with E-state index in [1.807, 2.05) is 30.3 Å². The summed E-state index contributed by atoms with van der Waals surface area (Å²) >= 11 is 0.549. The van der Waals surface area contributed by atoms with Crippen LogP contribution in [0.2, 0.25) is 0 Å². The van der Waals surface area contributed by atoms with Gasteiger partial charge in [-0.25, -0.2) is 33.4 Å². The van der Waals surface area contributed by atoms with Crippen molar-refractivity contribution < 1.29 is 49.7 Å². The molecule has 2 aromatic heterocycles. The van der Waals surface area contributed by atoms with Crippen molar-refractivity contribution in [1.29, 1.82) is 0 Å². The summed E-state index contributed by atoms with van der Waals surface area (Å²) in [6.45, 7) is 0.877. The molecule has 0 aliphatic rings. The van der Waals surface area contributed by atoms with E-state index in [0.29, 0.717) is 66.9 Å². The molecule has 0 radical (unpaired) electrons. The maximum Gasteiger partial charge on any atom is 0.295 e. The lowest BCUT2D eigenvalue weighted by Gasteiger charge is -2.11. The minimum Gasteiger partial charge on any atom is -0.491 e. The normalized spacial score (nSPS) is 11.0. The quantitative estimate of drug-likeness (QED) is 0.00852. The molecule has 2 heterocycles. The zero-order chi connectivity index (χ0) is 42.1. The number of nitrogens with two attached hydrogens (primary N) is 1. The highest BCUT2D eigenvalue weighted by Crippen LogP contribution is 2.31. The highest BCUT2D eigenvalue weighted by molar-refractivity contribution is 7.98. The fourth-order valence-electron chi connectivity index (χ4n) is 4.82. The van der Waals surface area contributed by atoms with Crippen molar-refractivity contribution in [3.63, 3.8) is 0 Å². The Morgan fingerprint density at radius 1 is 0.897 bits per heavy atom. The van der Waals surface area contributed by atoms with Crippen LogP contribution in [-0.4, -0.2) is 60.7 Å². The molecule has 0 aliphatic heterocycles. The molecule has 0 spiro atoms. The number of pyridine rings is 2. The molecule has 19 heteroatoms. The summed E-state index contributed by atoms with van der Waals surface area (Å²) in [6, 6.07) is 21.5. The lowest BCUT2D eigenvalue weighted by Crippen LogP contribution is -2.29. The van der Waals surface area contributed by atoms with Crippen LogP contribution in [0.1, 0.15) is 44.1 Å². The number of amides is 2. The van der Waals surface area contributed by atoms with Gasteiger partial charge in [-0.2, -0.15) is 8.42 Å². The van der Waals surface area contributed by atoms with Crippen LogP contribution < -0.4 is 26.6 Å². The van der Waals surface area contributed by atoms with E-state index in [2.05, 4.69) is 26.0 Å². The van der Waals surface area contributed by atoms with Gasteiger partial charge in [-0.1, -0.05) is 48.5 Å². The van der Waals surface area contributed by atoms with Crippen molar-refractivity contribution in [3.05, 3.63) is 149 Å².